The lowest BCUT2D eigenvalue weighted by atomic mass is 10.2. The van der Waals surface area contributed by atoms with Gasteiger partial charge in [-0.2, -0.15) is 0 Å². The summed E-state index contributed by atoms with van der Waals surface area (Å²) in [4.78, 5) is 26.8. The van der Waals surface area contributed by atoms with Crippen LogP contribution in [0.25, 0.3) is 0 Å². The molecule has 2 fully saturated rings. The number of carbonyl (C=O) groups is 2. The molecule has 0 aliphatic carbocycles. The minimum atomic E-state index is -0.0676. The number of nitrogens with two attached hydrogens (primary N) is 1. The number of hydrogen-bond donors (Lipinski definition) is 1. The van der Waals surface area contributed by atoms with Crippen LogP contribution < -0.4 is 5.73 Å². The van der Waals surface area contributed by atoms with Crippen molar-refractivity contribution < 1.29 is 14.3 Å². The first-order chi connectivity index (χ1) is 8.20. The van der Waals surface area contributed by atoms with Gasteiger partial charge in [0, 0.05) is 32.6 Å². The number of amides is 2. The molecule has 17 heavy (non-hydrogen) atoms. The van der Waals surface area contributed by atoms with E-state index in [0.29, 0.717) is 39.2 Å². The number of nitrogens with zero attached hydrogens (tertiary/aromatic N) is 2. The van der Waals surface area contributed by atoms with Crippen molar-refractivity contribution in [1.29, 1.82) is 0 Å². The van der Waals surface area contributed by atoms with E-state index in [4.69, 9.17) is 10.5 Å². The maximum absolute atomic E-state index is 12.0. The van der Waals surface area contributed by atoms with Crippen LogP contribution in [-0.4, -0.2) is 67.0 Å². The minimum Gasteiger partial charge on any atom is -0.373 e. The first-order valence-corrected chi connectivity index (χ1v) is 6.08. The third-order valence-electron chi connectivity index (χ3n) is 3.25. The van der Waals surface area contributed by atoms with Crippen molar-refractivity contribution in [2.75, 3.05) is 39.3 Å². The molecule has 2 heterocycles. The second-order valence-electron chi connectivity index (χ2n) is 4.49. The summed E-state index contributed by atoms with van der Waals surface area (Å²) in [6, 6.07) is 0. The molecule has 0 radical (unpaired) electrons. The summed E-state index contributed by atoms with van der Waals surface area (Å²) in [5.41, 5.74) is 5.52. The number of rotatable bonds is 3. The Labute approximate surface area is 101 Å². The van der Waals surface area contributed by atoms with Crippen LogP contribution in [0, 0.1) is 0 Å². The predicted molar refractivity (Wildman–Crippen MR) is 61.2 cm³/mol. The maximum Gasteiger partial charge on any atom is 0.242 e. The number of hydrogen-bond acceptors (Lipinski definition) is 4. The normalized spacial score (nSPS) is 25.5. The molecule has 0 bridgehead atoms. The van der Waals surface area contributed by atoms with Gasteiger partial charge in [0.25, 0.3) is 0 Å². The molecule has 2 rings (SSSR count). The van der Waals surface area contributed by atoms with E-state index in [1.54, 1.807) is 9.80 Å². The summed E-state index contributed by atoms with van der Waals surface area (Å²) in [7, 11) is 0. The van der Waals surface area contributed by atoms with E-state index in [1.165, 1.54) is 0 Å². The molecule has 96 valence electrons. The van der Waals surface area contributed by atoms with Gasteiger partial charge in [-0.1, -0.05) is 0 Å². The monoisotopic (exact) mass is 241 g/mol. The number of likely N-dealkylation sites (tertiary alicyclic amines) is 1. The standard InChI is InChI=1S/C11H19N3O3/c12-6-9-7-14(4-5-17-9)11(16)8-13-3-1-2-10(13)15/h9H,1-8,12H2. The smallest absolute Gasteiger partial charge is 0.242 e. The van der Waals surface area contributed by atoms with Crippen LogP contribution in [0.5, 0.6) is 0 Å². The first-order valence-electron chi connectivity index (χ1n) is 6.08. The molecule has 2 N–H and O–H groups in total. The van der Waals surface area contributed by atoms with Gasteiger partial charge < -0.3 is 20.3 Å². The summed E-state index contributed by atoms with van der Waals surface area (Å²) in [6.07, 6.45) is 1.37. The highest BCUT2D eigenvalue weighted by Crippen LogP contribution is 2.11. The van der Waals surface area contributed by atoms with Crippen LogP contribution in [0.2, 0.25) is 0 Å². The molecule has 2 saturated heterocycles. The number of carbonyl (C=O) groups excluding carboxylic acids is 2. The third kappa shape index (κ3) is 2.95. The van der Waals surface area contributed by atoms with Gasteiger partial charge in [0.15, 0.2) is 0 Å². The molecule has 6 heteroatoms. The molecule has 0 aromatic heterocycles. The van der Waals surface area contributed by atoms with Crippen LogP contribution in [0.1, 0.15) is 12.8 Å². The fraction of sp³-hybridized carbons (Fsp3) is 0.818. The van der Waals surface area contributed by atoms with Gasteiger partial charge in [-0.15, -0.1) is 0 Å². The number of ether oxygens (including phenoxy) is 1. The largest absolute Gasteiger partial charge is 0.373 e. The summed E-state index contributed by atoms with van der Waals surface area (Å²) < 4.78 is 5.40. The molecular formula is C11H19N3O3. The highest BCUT2D eigenvalue weighted by atomic mass is 16.5. The molecule has 0 saturated carbocycles. The zero-order valence-electron chi connectivity index (χ0n) is 9.93. The Kier molecular flexibility index (Phi) is 3.96. The molecule has 6 nitrogen and oxygen atoms in total. The summed E-state index contributed by atoms with van der Waals surface area (Å²) in [5.74, 6) is 0.0870. The Hall–Kier alpha value is -1.14. The van der Waals surface area contributed by atoms with Crippen LogP contribution in [0.3, 0.4) is 0 Å². The average Bonchev–Trinajstić information content (AvgIpc) is 2.75. The molecule has 0 aromatic carbocycles. The van der Waals surface area contributed by atoms with Gasteiger partial charge in [0.1, 0.15) is 0 Å². The van der Waals surface area contributed by atoms with Crippen molar-refractivity contribution in [1.82, 2.24) is 9.80 Å². The van der Waals surface area contributed by atoms with Crippen LogP contribution in [0.15, 0.2) is 0 Å². The minimum absolute atomic E-state index is 0.00185. The molecule has 1 unspecified atom stereocenters. The van der Waals surface area contributed by atoms with Crippen molar-refractivity contribution in [3.05, 3.63) is 0 Å². The van der Waals surface area contributed by atoms with Crippen LogP contribution in [-0.2, 0) is 14.3 Å². The summed E-state index contributed by atoms with van der Waals surface area (Å²) >= 11 is 0. The lowest BCUT2D eigenvalue weighted by Crippen LogP contribution is -2.51. The molecule has 2 amide bonds. The van der Waals surface area contributed by atoms with Gasteiger partial charge in [-0.05, 0) is 6.42 Å². The Balaban J connectivity index is 1.84. The topological polar surface area (TPSA) is 75.9 Å². The zero-order chi connectivity index (χ0) is 12.3. The molecule has 2 aliphatic heterocycles. The van der Waals surface area contributed by atoms with Gasteiger partial charge in [-0.3, -0.25) is 9.59 Å². The van der Waals surface area contributed by atoms with Crippen molar-refractivity contribution in [2.45, 2.75) is 18.9 Å². The second kappa shape index (κ2) is 5.46. The molecule has 0 spiro atoms. The van der Waals surface area contributed by atoms with Crippen LogP contribution in [0.4, 0.5) is 0 Å². The van der Waals surface area contributed by atoms with E-state index in [2.05, 4.69) is 0 Å². The van der Waals surface area contributed by atoms with E-state index in [9.17, 15) is 9.59 Å². The average molecular weight is 241 g/mol. The van der Waals surface area contributed by atoms with Crippen molar-refractivity contribution in [3.63, 3.8) is 0 Å². The SMILES string of the molecule is NCC1CN(C(=O)CN2CCCC2=O)CCO1. The Bertz CT molecular complexity index is 308. The second-order valence-corrected chi connectivity index (χ2v) is 4.49. The van der Waals surface area contributed by atoms with Crippen molar-refractivity contribution >= 4 is 11.8 Å². The highest BCUT2D eigenvalue weighted by Gasteiger charge is 2.27. The lowest BCUT2D eigenvalue weighted by Gasteiger charge is -2.33. The fourth-order valence-electron chi connectivity index (χ4n) is 2.22. The molecule has 0 aromatic rings. The molecule has 1 atom stereocenters. The third-order valence-corrected chi connectivity index (χ3v) is 3.25. The predicted octanol–water partition coefficient (Wildman–Crippen LogP) is -1.21. The van der Waals surface area contributed by atoms with Gasteiger partial charge >= 0.3 is 0 Å². The highest BCUT2D eigenvalue weighted by molar-refractivity contribution is 5.85. The van der Waals surface area contributed by atoms with Gasteiger partial charge in [0.05, 0.1) is 19.3 Å². The van der Waals surface area contributed by atoms with Gasteiger partial charge in [0.2, 0.25) is 11.8 Å². The van der Waals surface area contributed by atoms with Gasteiger partial charge in [-0.25, -0.2) is 0 Å². The summed E-state index contributed by atoms with van der Waals surface area (Å²) in [5, 5.41) is 0. The van der Waals surface area contributed by atoms with E-state index in [-0.39, 0.29) is 24.5 Å². The maximum atomic E-state index is 12.0. The zero-order valence-corrected chi connectivity index (χ0v) is 9.93. The van der Waals surface area contributed by atoms with E-state index in [0.717, 1.165) is 6.42 Å². The van der Waals surface area contributed by atoms with Crippen LogP contribution >= 0.6 is 0 Å². The lowest BCUT2D eigenvalue weighted by molar-refractivity contribution is -0.143. The van der Waals surface area contributed by atoms with E-state index in [1.807, 2.05) is 0 Å². The Morgan fingerprint density at radius 2 is 2.29 bits per heavy atom. The van der Waals surface area contributed by atoms with E-state index < -0.39 is 0 Å². The van der Waals surface area contributed by atoms with E-state index >= 15 is 0 Å². The Morgan fingerprint density at radius 1 is 1.47 bits per heavy atom. The van der Waals surface area contributed by atoms with Crippen molar-refractivity contribution in [3.8, 4) is 0 Å². The summed E-state index contributed by atoms with van der Waals surface area (Å²) in [6.45, 7) is 2.99. The fourth-order valence-corrected chi connectivity index (χ4v) is 2.22. The van der Waals surface area contributed by atoms with Crippen molar-refractivity contribution in [2.24, 2.45) is 5.73 Å². The Morgan fingerprint density at radius 3 is 2.94 bits per heavy atom. The first kappa shape index (κ1) is 12.3. The molecule has 2 aliphatic rings. The molecular weight excluding hydrogens is 222 g/mol. The quantitative estimate of drug-likeness (QED) is 0.673. The number of morpholine rings is 1.